The maximum Gasteiger partial charge on any atom is 0.238 e. The number of anilines is 1. The minimum absolute atomic E-state index is 0.155. The first-order valence-corrected chi connectivity index (χ1v) is 5.85. The lowest BCUT2D eigenvalue weighted by Crippen LogP contribution is -2.28. The van der Waals surface area contributed by atoms with Crippen molar-refractivity contribution in [2.75, 3.05) is 18.4 Å². The molecule has 0 aromatic carbocycles. The molecule has 98 valence electrons. The van der Waals surface area contributed by atoms with E-state index >= 15 is 0 Å². The van der Waals surface area contributed by atoms with Crippen LogP contribution >= 0.6 is 0 Å². The van der Waals surface area contributed by atoms with Gasteiger partial charge in [0.25, 0.3) is 0 Å². The zero-order valence-electron chi connectivity index (χ0n) is 10.9. The Morgan fingerprint density at radius 3 is 3.11 bits per heavy atom. The zero-order valence-corrected chi connectivity index (χ0v) is 10.9. The van der Waals surface area contributed by atoms with Crippen LogP contribution in [0.1, 0.15) is 5.69 Å². The summed E-state index contributed by atoms with van der Waals surface area (Å²) in [7, 11) is 1.84. The lowest BCUT2D eigenvalue weighted by atomic mass is 10.2. The quantitative estimate of drug-likeness (QED) is 0.616. The highest BCUT2D eigenvalue weighted by Crippen LogP contribution is 2.18. The van der Waals surface area contributed by atoms with Gasteiger partial charge in [0.15, 0.2) is 5.65 Å². The van der Waals surface area contributed by atoms with E-state index in [1.807, 2.05) is 20.0 Å². The van der Waals surface area contributed by atoms with Gasteiger partial charge in [-0.15, -0.1) is 6.42 Å². The molecule has 2 aromatic rings. The molecule has 0 bridgehead atoms. The third-order valence-corrected chi connectivity index (χ3v) is 2.66. The first-order valence-electron chi connectivity index (χ1n) is 5.85. The van der Waals surface area contributed by atoms with Gasteiger partial charge in [-0.3, -0.25) is 14.8 Å². The van der Waals surface area contributed by atoms with Crippen LogP contribution in [-0.4, -0.2) is 33.8 Å². The van der Waals surface area contributed by atoms with Crippen LogP contribution in [0.25, 0.3) is 11.0 Å². The van der Waals surface area contributed by atoms with E-state index < -0.39 is 0 Å². The van der Waals surface area contributed by atoms with Crippen molar-refractivity contribution >= 4 is 22.6 Å². The molecular weight excluding hydrogens is 242 g/mol. The van der Waals surface area contributed by atoms with Crippen LogP contribution in [0.3, 0.4) is 0 Å². The molecule has 1 amide bonds. The number of amides is 1. The van der Waals surface area contributed by atoms with Crippen molar-refractivity contribution in [3.05, 3.63) is 18.0 Å². The number of hydrogen-bond donors (Lipinski definition) is 2. The number of nitrogens with one attached hydrogen (secondary N) is 2. The van der Waals surface area contributed by atoms with Gasteiger partial charge in [0.05, 0.1) is 30.7 Å². The van der Waals surface area contributed by atoms with Crippen molar-refractivity contribution in [2.24, 2.45) is 7.05 Å². The summed E-state index contributed by atoms with van der Waals surface area (Å²) in [5.41, 5.74) is 2.32. The molecule has 0 radical (unpaired) electrons. The van der Waals surface area contributed by atoms with Crippen LogP contribution in [0.15, 0.2) is 12.3 Å². The Morgan fingerprint density at radius 1 is 1.58 bits per heavy atom. The fourth-order valence-corrected chi connectivity index (χ4v) is 1.83. The second kappa shape index (κ2) is 5.50. The van der Waals surface area contributed by atoms with E-state index in [-0.39, 0.29) is 12.5 Å². The van der Waals surface area contributed by atoms with Crippen molar-refractivity contribution in [3.63, 3.8) is 0 Å². The third kappa shape index (κ3) is 2.89. The van der Waals surface area contributed by atoms with Crippen molar-refractivity contribution < 1.29 is 4.79 Å². The highest BCUT2D eigenvalue weighted by Gasteiger charge is 2.08. The SMILES string of the molecule is C#CCNCC(=O)Nc1cnc2c(c1)c(C)nn2C. The molecule has 0 saturated carbocycles. The number of pyridine rings is 1. The second-order valence-electron chi connectivity index (χ2n) is 4.16. The molecule has 2 aromatic heterocycles. The Balaban J connectivity index is 2.11. The molecule has 2 N–H and O–H groups in total. The van der Waals surface area contributed by atoms with Gasteiger partial charge < -0.3 is 5.32 Å². The predicted molar refractivity (Wildman–Crippen MR) is 73.6 cm³/mol. The van der Waals surface area contributed by atoms with Gasteiger partial charge in [0.1, 0.15) is 0 Å². The van der Waals surface area contributed by atoms with Crippen LogP contribution in [0.2, 0.25) is 0 Å². The van der Waals surface area contributed by atoms with Gasteiger partial charge in [-0.1, -0.05) is 5.92 Å². The number of carbonyl (C=O) groups excluding carboxylic acids is 1. The number of hydrogen-bond acceptors (Lipinski definition) is 4. The van der Waals surface area contributed by atoms with Crippen LogP contribution in [-0.2, 0) is 11.8 Å². The molecular formula is C13H15N5O. The summed E-state index contributed by atoms with van der Waals surface area (Å²) in [6, 6.07) is 1.86. The van der Waals surface area contributed by atoms with Crippen LogP contribution in [0.5, 0.6) is 0 Å². The first kappa shape index (κ1) is 13.1. The van der Waals surface area contributed by atoms with Crippen molar-refractivity contribution in [1.29, 1.82) is 0 Å². The van der Waals surface area contributed by atoms with Gasteiger partial charge in [0, 0.05) is 12.4 Å². The van der Waals surface area contributed by atoms with Gasteiger partial charge in [-0.05, 0) is 13.0 Å². The number of fused-ring (bicyclic) bond motifs is 1. The molecule has 0 fully saturated rings. The molecule has 2 rings (SSSR count). The molecule has 0 unspecified atom stereocenters. The standard InChI is InChI=1S/C13H15N5O/c1-4-5-14-8-12(19)16-10-6-11-9(2)17-18(3)13(11)15-7-10/h1,6-7,14H,5,8H2,2-3H3,(H,16,19). The van der Waals surface area contributed by atoms with E-state index in [1.165, 1.54) is 0 Å². The van der Waals surface area contributed by atoms with E-state index in [1.54, 1.807) is 10.9 Å². The third-order valence-electron chi connectivity index (χ3n) is 2.66. The number of nitrogens with zero attached hydrogens (tertiary/aromatic N) is 3. The van der Waals surface area contributed by atoms with E-state index in [4.69, 9.17) is 6.42 Å². The van der Waals surface area contributed by atoms with Crippen molar-refractivity contribution in [2.45, 2.75) is 6.92 Å². The average molecular weight is 257 g/mol. The minimum Gasteiger partial charge on any atom is -0.324 e. The summed E-state index contributed by atoms with van der Waals surface area (Å²) in [4.78, 5) is 15.9. The molecule has 0 spiro atoms. The number of aromatic nitrogens is 3. The monoisotopic (exact) mass is 257 g/mol. The van der Waals surface area contributed by atoms with Crippen LogP contribution < -0.4 is 10.6 Å². The molecule has 6 nitrogen and oxygen atoms in total. The Labute approximate surface area is 111 Å². The fourth-order valence-electron chi connectivity index (χ4n) is 1.83. The van der Waals surface area contributed by atoms with Crippen molar-refractivity contribution in [1.82, 2.24) is 20.1 Å². The molecule has 0 atom stereocenters. The maximum absolute atomic E-state index is 11.6. The molecule has 0 aliphatic heterocycles. The smallest absolute Gasteiger partial charge is 0.238 e. The van der Waals surface area contributed by atoms with Crippen LogP contribution in [0.4, 0.5) is 5.69 Å². The van der Waals surface area contributed by atoms with E-state index in [2.05, 4.69) is 26.6 Å². The predicted octanol–water partition coefficient (Wildman–Crippen LogP) is 0.438. The molecule has 0 aliphatic carbocycles. The van der Waals surface area contributed by atoms with Gasteiger partial charge in [-0.25, -0.2) is 4.98 Å². The molecule has 6 heteroatoms. The number of rotatable bonds is 4. The second-order valence-corrected chi connectivity index (χ2v) is 4.16. The Hall–Kier alpha value is -2.39. The molecule has 2 heterocycles. The van der Waals surface area contributed by atoms with Gasteiger partial charge >= 0.3 is 0 Å². The fraction of sp³-hybridized carbons (Fsp3) is 0.308. The summed E-state index contributed by atoms with van der Waals surface area (Å²) >= 11 is 0. The maximum atomic E-state index is 11.6. The summed E-state index contributed by atoms with van der Waals surface area (Å²) in [6.07, 6.45) is 6.70. The van der Waals surface area contributed by atoms with Crippen molar-refractivity contribution in [3.8, 4) is 12.3 Å². The number of carbonyl (C=O) groups is 1. The van der Waals surface area contributed by atoms with E-state index in [9.17, 15) is 4.79 Å². The summed E-state index contributed by atoms with van der Waals surface area (Å²) in [5.74, 6) is 2.25. The topological polar surface area (TPSA) is 71.8 Å². The highest BCUT2D eigenvalue weighted by atomic mass is 16.1. The Morgan fingerprint density at radius 2 is 2.37 bits per heavy atom. The minimum atomic E-state index is -0.155. The van der Waals surface area contributed by atoms with E-state index in [0.717, 1.165) is 16.7 Å². The first-order chi connectivity index (χ1) is 9.11. The lowest BCUT2D eigenvalue weighted by Gasteiger charge is -2.05. The Bertz CT molecular complexity index is 653. The van der Waals surface area contributed by atoms with Gasteiger partial charge in [0.2, 0.25) is 5.91 Å². The molecule has 19 heavy (non-hydrogen) atoms. The highest BCUT2D eigenvalue weighted by molar-refractivity contribution is 5.94. The molecule has 0 aliphatic rings. The largest absolute Gasteiger partial charge is 0.324 e. The van der Waals surface area contributed by atoms with Crippen LogP contribution in [0, 0.1) is 19.3 Å². The Kier molecular flexibility index (Phi) is 3.78. The summed E-state index contributed by atoms with van der Waals surface area (Å²) in [5, 5.41) is 10.8. The average Bonchev–Trinajstić information content (AvgIpc) is 2.65. The lowest BCUT2D eigenvalue weighted by molar-refractivity contribution is -0.115. The summed E-state index contributed by atoms with van der Waals surface area (Å²) < 4.78 is 1.71. The zero-order chi connectivity index (χ0) is 13.8. The normalized spacial score (nSPS) is 10.4. The van der Waals surface area contributed by atoms with Gasteiger partial charge in [-0.2, -0.15) is 5.10 Å². The summed E-state index contributed by atoms with van der Waals surface area (Å²) in [6.45, 7) is 2.45. The van der Waals surface area contributed by atoms with E-state index in [0.29, 0.717) is 12.2 Å². The molecule has 0 saturated heterocycles. The number of aryl methyl sites for hydroxylation is 2. The number of terminal acetylenes is 1.